The van der Waals surface area contributed by atoms with E-state index >= 15 is 0 Å². The summed E-state index contributed by atoms with van der Waals surface area (Å²) in [6, 6.07) is 11.0. The van der Waals surface area contributed by atoms with Gasteiger partial charge >= 0.3 is 11.9 Å². The number of benzene rings is 3. The molecule has 45 heavy (non-hydrogen) atoms. The summed E-state index contributed by atoms with van der Waals surface area (Å²) in [4.78, 5) is 67.8. The van der Waals surface area contributed by atoms with E-state index in [0.29, 0.717) is 11.6 Å². The highest BCUT2D eigenvalue weighted by atomic mass is 16.6. The van der Waals surface area contributed by atoms with E-state index in [2.05, 4.69) is 0 Å². The van der Waals surface area contributed by atoms with Crippen LogP contribution in [-0.2, 0) is 23.8 Å². The van der Waals surface area contributed by atoms with Gasteiger partial charge in [-0.15, -0.1) is 0 Å². The molecule has 0 bridgehead atoms. The number of ketones is 3. The fraction of sp³-hybridized carbons (Fsp3) is 0.303. The predicted molar refractivity (Wildman–Crippen MR) is 156 cm³/mol. The molecule has 0 aliphatic heterocycles. The van der Waals surface area contributed by atoms with Gasteiger partial charge in [0.15, 0.2) is 6.10 Å². The lowest BCUT2D eigenvalue weighted by molar-refractivity contribution is -0.190. The third kappa shape index (κ3) is 4.24. The van der Waals surface area contributed by atoms with Crippen molar-refractivity contribution in [3.8, 4) is 11.5 Å². The van der Waals surface area contributed by atoms with Crippen LogP contribution in [-0.4, -0.2) is 83.2 Å². The van der Waals surface area contributed by atoms with Gasteiger partial charge in [-0.2, -0.15) is 0 Å². The van der Waals surface area contributed by atoms with Gasteiger partial charge in [-0.3, -0.25) is 19.2 Å². The highest BCUT2D eigenvalue weighted by molar-refractivity contribution is 6.35. The summed E-state index contributed by atoms with van der Waals surface area (Å²) in [6.45, 7) is 3.15. The number of hydrogen-bond donors (Lipinski definition) is 3. The number of aryl methyl sites for hydroxylation is 1. The molecule has 4 atom stereocenters. The smallest absolute Gasteiger partial charge is 0.341 e. The second-order valence-corrected chi connectivity index (χ2v) is 10.8. The van der Waals surface area contributed by atoms with E-state index < -0.39 is 75.1 Å². The number of ether oxygens (including phenoxy) is 4. The largest absolute Gasteiger partial charge is 0.507 e. The molecule has 0 amide bonds. The number of fused-ring (bicyclic) bond motifs is 3. The quantitative estimate of drug-likeness (QED) is 0.260. The first-order valence-corrected chi connectivity index (χ1v) is 13.9. The van der Waals surface area contributed by atoms with Crippen LogP contribution in [0.3, 0.4) is 0 Å². The standard InChI is InChI=1S/C33H30O12/c1-6-18(16-10-8-7-9-11-16)30(38)45-29-21(43-4)14-22(34)32(40)28(37)25-19(27(36)33(29,32)41)12-17-13-20(42-3)24(31(39)44-5)15(2)23(17)26(25)35/h7-14,18,29,35,40-41H,6H2,1-5H3/t18?,29-,32-,33-/m1/s1. The second-order valence-electron chi connectivity index (χ2n) is 10.8. The molecule has 3 aromatic carbocycles. The maximum Gasteiger partial charge on any atom is 0.341 e. The first-order chi connectivity index (χ1) is 21.3. The highest BCUT2D eigenvalue weighted by Gasteiger charge is 2.74. The Hall–Kier alpha value is -5.07. The minimum atomic E-state index is -3.53. The van der Waals surface area contributed by atoms with E-state index in [9.17, 15) is 39.3 Å². The van der Waals surface area contributed by atoms with Crippen molar-refractivity contribution in [2.24, 2.45) is 0 Å². The zero-order chi connectivity index (χ0) is 33.0. The molecular formula is C33H30O12. The molecule has 0 aromatic heterocycles. The zero-order valence-electron chi connectivity index (χ0n) is 25.0. The maximum absolute atomic E-state index is 14.3. The topological polar surface area (TPSA) is 183 Å². The van der Waals surface area contributed by atoms with Crippen LogP contribution >= 0.6 is 0 Å². The number of carbonyl (C=O) groups is 5. The summed E-state index contributed by atoms with van der Waals surface area (Å²) in [6.07, 6.45) is -1.24. The molecule has 0 spiro atoms. The summed E-state index contributed by atoms with van der Waals surface area (Å²) in [5.74, 6) is -8.28. The van der Waals surface area contributed by atoms with Crippen molar-refractivity contribution < 1.29 is 58.2 Å². The van der Waals surface area contributed by atoms with Crippen molar-refractivity contribution in [3.05, 3.63) is 82.1 Å². The van der Waals surface area contributed by atoms with Crippen LogP contribution < -0.4 is 4.74 Å². The minimum Gasteiger partial charge on any atom is -0.507 e. The average Bonchev–Trinajstić information content (AvgIpc) is 3.03. The molecule has 3 N–H and O–H groups in total. The number of phenols is 1. The van der Waals surface area contributed by atoms with Crippen LogP contribution in [0.2, 0.25) is 0 Å². The van der Waals surface area contributed by atoms with Crippen LogP contribution in [0, 0.1) is 6.92 Å². The monoisotopic (exact) mass is 618 g/mol. The Kier molecular flexibility index (Phi) is 7.76. The number of rotatable bonds is 7. The van der Waals surface area contributed by atoms with Crippen LogP contribution in [0.4, 0.5) is 0 Å². The van der Waals surface area contributed by atoms with E-state index in [1.54, 1.807) is 37.3 Å². The van der Waals surface area contributed by atoms with Gasteiger partial charge in [-0.25, -0.2) is 4.79 Å². The molecule has 234 valence electrons. The number of aliphatic hydroxyl groups is 2. The van der Waals surface area contributed by atoms with Crippen molar-refractivity contribution in [1.29, 1.82) is 0 Å². The summed E-state index contributed by atoms with van der Waals surface area (Å²) in [5.41, 5.74) is -7.69. The molecule has 1 unspecified atom stereocenters. The molecule has 2 aliphatic carbocycles. The van der Waals surface area contributed by atoms with Gasteiger partial charge in [-0.05, 0) is 42.0 Å². The number of Topliss-reactive ketones (excluding diaryl/α,β-unsaturated/α-hetero) is 2. The normalized spacial score (nSPS) is 23.0. The highest BCUT2D eigenvalue weighted by Crippen LogP contribution is 2.50. The second kappa shape index (κ2) is 11.1. The van der Waals surface area contributed by atoms with Gasteiger partial charge in [-0.1, -0.05) is 37.3 Å². The number of esters is 2. The van der Waals surface area contributed by atoms with Crippen LogP contribution in [0.15, 0.2) is 54.3 Å². The number of phenolic OH excluding ortho intramolecular Hbond substituents is 1. The Labute approximate surface area is 256 Å². The van der Waals surface area contributed by atoms with Crippen molar-refractivity contribution >= 4 is 40.1 Å². The molecule has 5 rings (SSSR count). The van der Waals surface area contributed by atoms with Crippen molar-refractivity contribution in [3.63, 3.8) is 0 Å². The minimum absolute atomic E-state index is 0.0202. The van der Waals surface area contributed by atoms with Gasteiger partial charge in [0.1, 0.15) is 22.8 Å². The molecule has 2 aliphatic rings. The van der Waals surface area contributed by atoms with E-state index in [1.165, 1.54) is 20.1 Å². The van der Waals surface area contributed by atoms with E-state index in [1.807, 2.05) is 0 Å². The molecular weight excluding hydrogens is 588 g/mol. The van der Waals surface area contributed by atoms with E-state index in [4.69, 9.17) is 18.9 Å². The first-order valence-electron chi connectivity index (χ1n) is 13.9. The van der Waals surface area contributed by atoms with E-state index in [-0.39, 0.29) is 34.1 Å². The molecule has 0 radical (unpaired) electrons. The van der Waals surface area contributed by atoms with Gasteiger partial charge in [0.2, 0.25) is 28.6 Å². The fourth-order valence-corrected chi connectivity index (χ4v) is 6.22. The molecule has 12 heteroatoms. The van der Waals surface area contributed by atoms with Crippen LogP contribution in [0.5, 0.6) is 11.5 Å². The Morgan fingerprint density at radius 1 is 0.978 bits per heavy atom. The van der Waals surface area contributed by atoms with Crippen LogP contribution in [0.25, 0.3) is 10.8 Å². The third-order valence-electron chi connectivity index (χ3n) is 8.55. The molecule has 0 fully saturated rings. The Morgan fingerprint density at radius 2 is 1.64 bits per heavy atom. The average molecular weight is 619 g/mol. The number of aromatic hydroxyl groups is 1. The molecule has 0 heterocycles. The lowest BCUT2D eigenvalue weighted by Crippen LogP contribution is -2.77. The van der Waals surface area contributed by atoms with Crippen molar-refractivity contribution in [2.45, 2.75) is 43.5 Å². The third-order valence-corrected chi connectivity index (χ3v) is 8.55. The van der Waals surface area contributed by atoms with Gasteiger partial charge < -0.3 is 34.3 Å². The summed E-state index contributed by atoms with van der Waals surface area (Å²) < 4.78 is 21.0. The Bertz CT molecular complexity index is 1820. The number of hydrogen-bond acceptors (Lipinski definition) is 12. The summed E-state index contributed by atoms with van der Waals surface area (Å²) in [7, 11) is 3.52. The Morgan fingerprint density at radius 3 is 2.22 bits per heavy atom. The molecule has 0 saturated carbocycles. The lowest BCUT2D eigenvalue weighted by Gasteiger charge is -2.48. The van der Waals surface area contributed by atoms with Gasteiger partial charge in [0, 0.05) is 17.0 Å². The molecule has 3 aromatic rings. The van der Waals surface area contributed by atoms with Gasteiger partial charge in [0.25, 0.3) is 0 Å². The van der Waals surface area contributed by atoms with Crippen molar-refractivity contribution in [2.75, 3.05) is 21.3 Å². The predicted octanol–water partition coefficient (Wildman–Crippen LogP) is 2.71. The number of carbonyl (C=O) groups excluding carboxylic acids is 5. The van der Waals surface area contributed by atoms with Crippen LogP contribution in [0.1, 0.15) is 61.5 Å². The fourth-order valence-electron chi connectivity index (χ4n) is 6.22. The lowest BCUT2D eigenvalue weighted by atomic mass is 9.60. The number of methoxy groups -OCH3 is 3. The summed E-state index contributed by atoms with van der Waals surface area (Å²) in [5, 5.41) is 35.3. The SMILES string of the molecule is CCC(C(=O)O[C@@H]1C(OC)=CC(=O)[C@@]2(O)C(=O)c3c(cc4cc(OC)c(C(=O)OC)c(C)c4c3O)C(=O)[C@@]12O)c1ccccc1. The molecule has 12 nitrogen and oxygen atoms in total. The zero-order valence-corrected chi connectivity index (χ0v) is 25.0. The summed E-state index contributed by atoms with van der Waals surface area (Å²) >= 11 is 0. The first kappa shape index (κ1) is 31.4. The molecule has 0 saturated heterocycles. The van der Waals surface area contributed by atoms with Crippen molar-refractivity contribution in [1.82, 2.24) is 0 Å². The maximum atomic E-state index is 14.3. The van der Waals surface area contributed by atoms with E-state index in [0.717, 1.165) is 20.3 Å². The van der Waals surface area contributed by atoms with Gasteiger partial charge in [0.05, 0.1) is 32.8 Å². The Balaban J connectivity index is 1.74.